The average molecular weight is 431 g/mol. The Morgan fingerprint density at radius 2 is 1.83 bits per heavy atom. The molecule has 0 radical (unpaired) electrons. The van der Waals surface area contributed by atoms with Gasteiger partial charge in [-0.05, 0) is 35.4 Å². The van der Waals surface area contributed by atoms with E-state index in [4.69, 9.17) is 4.74 Å². The lowest BCUT2D eigenvalue weighted by molar-refractivity contribution is 0.0729. The number of carbonyl (C=O) groups is 1. The fraction of sp³-hybridized carbons (Fsp3) is 0.286. The number of nitrogens with zero attached hydrogens (tertiary/aromatic N) is 1. The van der Waals surface area contributed by atoms with Crippen LogP contribution in [0.3, 0.4) is 0 Å². The van der Waals surface area contributed by atoms with Crippen LogP contribution in [0.2, 0.25) is 0 Å². The molecular weight excluding hydrogens is 409 g/mol. The molecule has 0 saturated carbocycles. The molecule has 0 aliphatic carbocycles. The van der Waals surface area contributed by atoms with E-state index in [1.807, 2.05) is 0 Å². The highest BCUT2D eigenvalue weighted by atomic mass is 32.2. The molecule has 1 aliphatic heterocycles. The molecular formula is C21H22FN3O4S. The zero-order valence-corrected chi connectivity index (χ0v) is 17.0. The second-order valence-electron chi connectivity index (χ2n) is 7.13. The molecule has 9 heteroatoms. The third-order valence-electron chi connectivity index (χ3n) is 5.09. The first-order valence-electron chi connectivity index (χ1n) is 9.61. The van der Waals surface area contributed by atoms with Gasteiger partial charge in [-0.25, -0.2) is 12.8 Å². The van der Waals surface area contributed by atoms with Crippen LogP contribution in [0, 0.1) is 5.82 Å². The van der Waals surface area contributed by atoms with E-state index in [-0.39, 0.29) is 24.0 Å². The Hall–Kier alpha value is -2.75. The quantitative estimate of drug-likeness (QED) is 0.627. The van der Waals surface area contributed by atoms with Crippen LogP contribution in [0.4, 0.5) is 4.39 Å². The summed E-state index contributed by atoms with van der Waals surface area (Å²) in [6.07, 6.45) is 0. The number of halogens is 1. The molecule has 4 rings (SSSR count). The molecule has 1 saturated heterocycles. The smallest absolute Gasteiger partial charge is 0.267 e. The molecule has 7 nitrogen and oxygen atoms in total. The highest BCUT2D eigenvalue weighted by Gasteiger charge is 2.25. The number of fused-ring (bicyclic) bond motifs is 1. The molecule has 2 heterocycles. The van der Waals surface area contributed by atoms with Crippen LogP contribution in [0.25, 0.3) is 10.9 Å². The van der Waals surface area contributed by atoms with Gasteiger partial charge in [0.25, 0.3) is 5.91 Å². The molecule has 2 aromatic carbocycles. The van der Waals surface area contributed by atoms with Crippen molar-refractivity contribution in [2.24, 2.45) is 0 Å². The van der Waals surface area contributed by atoms with E-state index in [0.29, 0.717) is 48.5 Å². The van der Waals surface area contributed by atoms with Crippen molar-refractivity contribution in [2.75, 3.05) is 26.3 Å². The fourth-order valence-electron chi connectivity index (χ4n) is 3.48. The van der Waals surface area contributed by atoms with Crippen LogP contribution in [-0.2, 0) is 27.1 Å². The maximum atomic E-state index is 13.4. The molecule has 0 unspecified atom stereocenters. The van der Waals surface area contributed by atoms with Gasteiger partial charge in [-0.2, -0.15) is 4.31 Å². The van der Waals surface area contributed by atoms with E-state index < -0.39 is 10.0 Å². The van der Waals surface area contributed by atoms with E-state index in [1.54, 1.807) is 36.4 Å². The Bertz CT molecular complexity index is 1170. The van der Waals surface area contributed by atoms with E-state index in [9.17, 15) is 17.6 Å². The number of aromatic amines is 1. The number of benzene rings is 2. The standard InChI is InChI=1S/C21H22FN3O4S/c22-18-5-6-19-17(11-18)12-20(24-19)21(26)23-13-15-3-1-2-4-16(15)14-30(27,28)25-7-9-29-10-8-25/h1-6,11-12,24H,7-10,13-14H2,(H,23,26). The number of rotatable bonds is 6. The first kappa shape index (κ1) is 20.5. The molecule has 3 aromatic rings. The van der Waals surface area contributed by atoms with Gasteiger partial charge in [-0.15, -0.1) is 0 Å². The number of amides is 1. The van der Waals surface area contributed by atoms with Gasteiger partial charge in [-0.3, -0.25) is 4.79 Å². The largest absolute Gasteiger partial charge is 0.379 e. The Labute approximate surface area is 173 Å². The number of hydrogen-bond donors (Lipinski definition) is 2. The normalized spacial score (nSPS) is 15.4. The number of aromatic nitrogens is 1. The first-order chi connectivity index (χ1) is 14.4. The second-order valence-corrected chi connectivity index (χ2v) is 9.10. The SMILES string of the molecule is O=C(NCc1ccccc1CS(=O)(=O)N1CCOCC1)c1cc2cc(F)ccc2[nH]1. The molecule has 0 bridgehead atoms. The molecule has 0 atom stereocenters. The van der Waals surface area contributed by atoms with E-state index >= 15 is 0 Å². The van der Waals surface area contributed by atoms with Gasteiger partial charge in [0.2, 0.25) is 10.0 Å². The molecule has 0 spiro atoms. The number of carbonyl (C=O) groups excluding carboxylic acids is 1. The van der Waals surface area contributed by atoms with Crippen LogP contribution in [0.15, 0.2) is 48.5 Å². The molecule has 1 aliphatic rings. The third kappa shape index (κ3) is 4.53. The van der Waals surface area contributed by atoms with Gasteiger partial charge >= 0.3 is 0 Å². The Morgan fingerprint density at radius 1 is 1.10 bits per heavy atom. The minimum atomic E-state index is -3.47. The van der Waals surface area contributed by atoms with Gasteiger partial charge in [0.05, 0.1) is 19.0 Å². The predicted octanol–water partition coefficient (Wildman–Crippen LogP) is 2.40. The molecule has 2 N–H and O–H groups in total. The molecule has 1 aromatic heterocycles. The van der Waals surface area contributed by atoms with Crippen LogP contribution in [0.5, 0.6) is 0 Å². The van der Waals surface area contributed by atoms with Crippen LogP contribution >= 0.6 is 0 Å². The topological polar surface area (TPSA) is 91.5 Å². The molecule has 30 heavy (non-hydrogen) atoms. The van der Waals surface area contributed by atoms with E-state index in [1.165, 1.54) is 16.4 Å². The molecule has 158 valence electrons. The zero-order valence-electron chi connectivity index (χ0n) is 16.2. The number of nitrogens with one attached hydrogen (secondary N) is 2. The highest BCUT2D eigenvalue weighted by molar-refractivity contribution is 7.88. The van der Waals surface area contributed by atoms with Crippen LogP contribution in [-0.4, -0.2) is 49.9 Å². The number of sulfonamides is 1. The van der Waals surface area contributed by atoms with Crippen molar-refractivity contribution in [1.29, 1.82) is 0 Å². The number of ether oxygens (including phenoxy) is 1. The minimum absolute atomic E-state index is 0.134. The van der Waals surface area contributed by atoms with Crippen molar-refractivity contribution in [3.8, 4) is 0 Å². The van der Waals surface area contributed by atoms with Gasteiger partial charge in [0.15, 0.2) is 0 Å². The summed E-state index contributed by atoms with van der Waals surface area (Å²) >= 11 is 0. The van der Waals surface area contributed by atoms with Crippen LogP contribution < -0.4 is 5.32 Å². The van der Waals surface area contributed by atoms with Crippen molar-refractivity contribution < 1.29 is 22.3 Å². The van der Waals surface area contributed by atoms with Gasteiger partial charge < -0.3 is 15.0 Å². The van der Waals surface area contributed by atoms with Crippen molar-refractivity contribution in [1.82, 2.24) is 14.6 Å². The highest BCUT2D eigenvalue weighted by Crippen LogP contribution is 2.18. The number of H-pyrrole nitrogens is 1. The summed E-state index contributed by atoms with van der Waals surface area (Å²) in [6.45, 7) is 1.67. The minimum Gasteiger partial charge on any atom is -0.379 e. The van der Waals surface area contributed by atoms with Crippen LogP contribution in [0.1, 0.15) is 21.6 Å². The Kier molecular flexibility index (Phi) is 5.85. The summed E-state index contributed by atoms with van der Waals surface area (Å²) in [5, 5.41) is 3.41. The first-order valence-corrected chi connectivity index (χ1v) is 11.2. The van der Waals surface area contributed by atoms with Gasteiger partial charge in [0.1, 0.15) is 11.5 Å². The van der Waals surface area contributed by atoms with Crippen molar-refractivity contribution in [2.45, 2.75) is 12.3 Å². The average Bonchev–Trinajstić information content (AvgIpc) is 3.16. The molecule has 1 fully saturated rings. The summed E-state index contributed by atoms with van der Waals surface area (Å²) in [4.78, 5) is 15.5. The summed E-state index contributed by atoms with van der Waals surface area (Å²) in [7, 11) is -3.47. The maximum Gasteiger partial charge on any atom is 0.267 e. The lowest BCUT2D eigenvalue weighted by atomic mass is 10.1. The number of hydrogen-bond acceptors (Lipinski definition) is 4. The van der Waals surface area contributed by atoms with E-state index in [2.05, 4.69) is 10.3 Å². The Morgan fingerprint density at radius 3 is 2.60 bits per heavy atom. The lowest BCUT2D eigenvalue weighted by Gasteiger charge is -2.26. The van der Waals surface area contributed by atoms with Gasteiger partial charge in [-0.1, -0.05) is 24.3 Å². The Balaban J connectivity index is 1.46. The number of morpholine rings is 1. The summed E-state index contributed by atoms with van der Waals surface area (Å²) in [6, 6.07) is 13.0. The van der Waals surface area contributed by atoms with E-state index in [0.717, 1.165) is 5.56 Å². The lowest BCUT2D eigenvalue weighted by Crippen LogP contribution is -2.41. The van der Waals surface area contributed by atoms with Crippen molar-refractivity contribution in [3.05, 3.63) is 71.2 Å². The summed E-state index contributed by atoms with van der Waals surface area (Å²) in [5.41, 5.74) is 2.35. The predicted molar refractivity (Wildman–Crippen MR) is 111 cm³/mol. The summed E-state index contributed by atoms with van der Waals surface area (Å²) < 4.78 is 45.5. The third-order valence-corrected chi connectivity index (χ3v) is 6.91. The van der Waals surface area contributed by atoms with Crippen molar-refractivity contribution >= 4 is 26.8 Å². The summed E-state index contributed by atoms with van der Waals surface area (Å²) in [5.74, 6) is -0.855. The second kappa shape index (κ2) is 8.55. The molecule has 1 amide bonds. The van der Waals surface area contributed by atoms with Gasteiger partial charge in [0, 0.05) is 30.5 Å². The zero-order chi connectivity index (χ0) is 21.1. The maximum absolute atomic E-state index is 13.4. The van der Waals surface area contributed by atoms with Crippen molar-refractivity contribution in [3.63, 3.8) is 0 Å². The fourth-order valence-corrected chi connectivity index (χ4v) is 5.04. The monoisotopic (exact) mass is 431 g/mol.